The number of hydrogen-bond acceptors (Lipinski definition) is 3. The molecule has 24 heavy (non-hydrogen) atoms. The summed E-state index contributed by atoms with van der Waals surface area (Å²) in [7, 11) is 3.34. The number of alkyl halides is 1. The Hall–Kier alpha value is -2.00. The molecule has 1 aliphatic rings. The van der Waals surface area contributed by atoms with Crippen molar-refractivity contribution in [1.82, 2.24) is 0 Å². The predicted molar refractivity (Wildman–Crippen MR) is 99.0 cm³/mol. The van der Waals surface area contributed by atoms with Crippen LogP contribution in [0.2, 0.25) is 0 Å². The van der Waals surface area contributed by atoms with Crippen molar-refractivity contribution in [2.45, 2.75) is 25.1 Å². The Kier molecular flexibility index (Phi) is 5.41. The van der Waals surface area contributed by atoms with Crippen LogP contribution < -0.4 is 9.47 Å². The number of benzene rings is 2. The zero-order chi connectivity index (χ0) is 16.9. The quantitative estimate of drug-likeness (QED) is 0.727. The third-order valence-corrected chi connectivity index (χ3v) is 4.79. The minimum atomic E-state index is 0.546. The van der Waals surface area contributed by atoms with E-state index in [-0.39, 0.29) is 0 Å². The molecule has 0 unspecified atom stereocenters. The van der Waals surface area contributed by atoms with Gasteiger partial charge in [-0.05, 0) is 48.1 Å². The Morgan fingerprint density at radius 1 is 1.00 bits per heavy atom. The monoisotopic (exact) mass is 343 g/mol. The molecule has 126 valence electrons. The van der Waals surface area contributed by atoms with Crippen molar-refractivity contribution in [2.24, 2.45) is 4.99 Å². The van der Waals surface area contributed by atoms with E-state index in [1.54, 1.807) is 14.2 Å². The summed E-state index contributed by atoms with van der Waals surface area (Å²) in [5.41, 5.74) is 6.10. The highest BCUT2D eigenvalue weighted by atomic mass is 35.5. The Morgan fingerprint density at radius 2 is 1.71 bits per heavy atom. The van der Waals surface area contributed by atoms with E-state index in [1.165, 1.54) is 22.3 Å². The van der Waals surface area contributed by atoms with Gasteiger partial charge in [0.15, 0.2) is 11.5 Å². The highest BCUT2D eigenvalue weighted by molar-refractivity contribution is 6.17. The van der Waals surface area contributed by atoms with Crippen LogP contribution in [0.3, 0.4) is 0 Å². The molecule has 0 fully saturated rings. The lowest BCUT2D eigenvalue weighted by atomic mass is 9.92. The van der Waals surface area contributed by atoms with Crippen LogP contribution in [-0.2, 0) is 18.7 Å². The predicted octanol–water partition coefficient (Wildman–Crippen LogP) is 4.42. The molecule has 0 N–H and O–H groups in total. The molecule has 0 bridgehead atoms. The molecule has 0 aromatic heterocycles. The van der Waals surface area contributed by atoms with Gasteiger partial charge < -0.3 is 9.47 Å². The second-order valence-electron chi connectivity index (χ2n) is 5.85. The van der Waals surface area contributed by atoms with E-state index in [0.717, 1.165) is 43.0 Å². The fourth-order valence-electron chi connectivity index (χ4n) is 3.19. The van der Waals surface area contributed by atoms with Gasteiger partial charge in [0.25, 0.3) is 0 Å². The third kappa shape index (κ3) is 3.41. The van der Waals surface area contributed by atoms with Crippen molar-refractivity contribution in [3.05, 3.63) is 58.7 Å². The van der Waals surface area contributed by atoms with Crippen LogP contribution in [0.25, 0.3) is 0 Å². The minimum Gasteiger partial charge on any atom is -0.493 e. The molecule has 1 aliphatic heterocycles. The number of hydrogen-bond donors (Lipinski definition) is 0. The van der Waals surface area contributed by atoms with Gasteiger partial charge in [-0.25, -0.2) is 0 Å². The molecule has 3 nitrogen and oxygen atoms in total. The van der Waals surface area contributed by atoms with Crippen LogP contribution in [0, 0.1) is 0 Å². The van der Waals surface area contributed by atoms with Crippen LogP contribution >= 0.6 is 11.6 Å². The van der Waals surface area contributed by atoms with Gasteiger partial charge in [0.2, 0.25) is 0 Å². The van der Waals surface area contributed by atoms with Gasteiger partial charge in [0, 0.05) is 23.7 Å². The molecule has 4 heteroatoms. The summed E-state index contributed by atoms with van der Waals surface area (Å²) in [4.78, 5) is 4.76. The highest BCUT2D eigenvalue weighted by Gasteiger charge is 2.18. The van der Waals surface area contributed by atoms with Crippen molar-refractivity contribution in [3.63, 3.8) is 0 Å². The lowest BCUT2D eigenvalue weighted by Gasteiger charge is -2.20. The Labute approximate surface area is 148 Å². The first-order chi connectivity index (χ1) is 11.8. The largest absolute Gasteiger partial charge is 0.493 e. The number of aliphatic imine (C=N–C) groups is 1. The normalized spacial score (nSPS) is 13.2. The molecule has 0 amide bonds. The third-order valence-electron chi connectivity index (χ3n) is 4.50. The average Bonchev–Trinajstić information content (AvgIpc) is 2.65. The maximum Gasteiger partial charge on any atom is 0.161 e. The van der Waals surface area contributed by atoms with Crippen molar-refractivity contribution in [3.8, 4) is 11.5 Å². The summed E-state index contributed by atoms with van der Waals surface area (Å²) in [5, 5.41) is 0. The number of fused-ring (bicyclic) bond motifs is 1. The van der Waals surface area contributed by atoms with Gasteiger partial charge in [-0.1, -0.05) is 24.3 Å². The van der Waals surface area contributed by atoms with E-state index >= 15 is 0 Å². The molecule has 2 aromatic carbocycles. The number of nitrogens with zero attached hydrogens (tertiary/aromatic N) is 1. The standard InChI is InChI=1S/C20H22ClNO2/c1-23-19-11-15-9-10-22-18(17(15)12-20(19)24-2)8-7-14-5-3-4-6-16(14)13-21/h3-6,11-12H,7-10,13H2,1-2H3. The van der Waals surface area contributed by atoms with Crippen molar-refractivity contribution >= 4 is 17.3 Å². The van der Waals surface area contributed by atoms with Crippen LogP contribution in [0.1, 0.15) is 28.7 Å². The molecule has 0 aliphatic carbocycles. The van der Waals surface area contributed by atoms with E-state index in [1.807, 2.05) is 6.07 Å². The second kappa shape index (κ2) is 7.71. The SMILES string of the molecule is COc1cc2c(cc1OC)C(CCc1ccccc1CCl)=NCC2. The number of rotatable bonds is 6. The Balaban J connectivity index is 1.85. The molecule has 0 spiro atoms. The number of methoxy groups -OCH3 is 2. The summed E-state index contributed by atoms with van der Waals surface area (Å²) in [6, 6.07) is 12.5. The van der Waals surface area contributed by atoms with Crippen molar-refractivity contribution in [2.75, 3.05) is 20.8 Å². The fraction of sp³-hybridized carbons (Fsp3) is 0.350. The topological polar surface area (TPSA) is 30.8 Å². The first-order valence-corrected chi connectivity index (χ1v) is 8.71. The van der Waals surface area contributed by atoms with E-state index in [9.17, 15) is 0 Å². The zero-order valence-corrected chi connectivity index (χ0v) is 14.9. The zero-order valence-electron chi connectivity index (χ0n) is 14.1. The van der Waals surface area contributed by atoms with E-state index < -0.39 is 0 Å². The lowest BCUT2D eigenvalue weighted by molar-refractivity contribution is 0.354. The summed E-state index contributed by atoms with van der Waals surface area (Å²) >= 11 is 6.05. The molecular formula is C20H22ClNO2. The molecule has 3 rings (SSSR count). The first-order valence-electron chi connectivity index (χ1n) is 8.18. The summed E-state index contributed by atoms with van der Waals surface area (Å²) in [6.45, 7) is 0.828. The van der Waals surface area contributed by atoms with Crippen molar-refractivity contribution in [1.29, 1.82) is 0 Å². The van der Waals surface area contributed by atoms with Gasteiger partial charge >= 0.3 is 0 Å². The second-order valence-corrected chi connectivity index (χ2v) is 6.11. The van der Waals surface area contributed by atoms with Gasteiger partial charge in [-0.3, -0.25) is 4.99 Å². The smallest absolute Gasteiger partial charge is 0.161 e. The molecule has 0 atom stereocenters. The van der Waals surface area contributed by atoms with Crippen molar-refractivity contribution < 1.29 is 9.47 Å². The molecule has 2 aromatic rings. The van der Waals surface area contributed by atoms with Crippen LogP contribution in [0.4, 0.5) is 0 Å². The summed E-state index contributed by atoms with van der Waals surface area (Å²) in [6.07, 6.45) is 2.78. The summed E-state index contributed by atoms with van der Waals surface area (Å²) < 4.78 is 10.9. The highest BCUT2D eigenvalue weighted by Crippen LogP contribution is 2.33. The van der Waals surface area contributed by atoms with Crippen LogP contribution in [0.15, 0.2) is 41.4 Å². The lowest BCUT2D eigenvalue weighted by Crippen LogP contribution is -2.14. The minimum absolute atomic E-state index is 0.546. The molecule has 0 saturated carbocycles. The van der Waals surface area contributed by atoms with E-state index in [0.29, 0.717) is 5.88 Å². The maximum absolute atomic E-state index is 6.05. The van der Waals surface area contributed by atoms with Gasteiger partial charge in [0.1, 0.15) is 0 Å². The maximum atomic E-state index is 6.05. The van der Waals surface area contributed by atoms with E-state index in [2.05, 4.69) is 30.3 Å². The van der Waals surface area contributed by atoms with Gasteiger partial charge in [-0.15, -0.1) is 11.6 Å². The van der Waals surface area contributed by atoms with Gasteiger partial charge in [0.05, 0.1) is 14.2 Å². The van der Waals surface area contributed by atoms with Crippen LogP contribution in [0.5, 0.6) is 11.5 Å². The molecule has 0 radical (unpaired) electrons. The first kappa shape index (κ1) is 16.8. The van der Waals surface area contributed by atoms with Gasteiger partial charge in [-0.2, -0.15) is 0 Å². The van der Waals surface area contributed by atoms with Crippen LogP contribution in [-0.4, -0.2) is 26.5 Å². The average molecular weight is 344 g/mol. The number of halogens is 1. The number of aryl methyl sites for hydroxylation is 1. The molecular weight excluding hydrogens is 322 g/mol. The molecule has 1 heterocycles. The fourth-order valence-corrected chi connectivity index (χ4v) is 3.45. The van der Waals surface area contributed by atoms with E-state index in [4.69, 9.17) is 26.1 Å². The Morgan fingerprint density at radius 3 is 2.42 bits per heavy atom. The molecule has 0 saturated heterocycles. The summed E-state index contributed by atoms with van der Waals surface area (Å²) in [5.74, 6) is 2.08. The number of ether oxygens (including phenoxy) is 2. The Bertz CT molecular complexity index is 755.